The van der Waals surface area contributed by atoms with Crippen molar-refractivity contribution in [3.63, 3.8) is 0 Å². The number of hydrogen-bond acceptors (Lipinski definition) is 1. The molecule has 0 radical (unpaired) electrons. The summed E-state index contributed by atoms with van der Waals surface area (Å²) in [6.45, 7) is 25.9. The Morgan fingerprint density at radius 3 is 1.36 bits per heavy atom. The SMILES string of the molecule is CC1=C(C)C(C)(C)[C]([Ti+2][N](C(C)(C)C)C(C)(C)C)=C1C.[Cl-].[Cl-]. The van der Waals surface area contributed by atoms with Crippen molar-refractivity contribution in [2.75, 3.05) is 0 Å². The average Bonchev–Trinajstić information content (AvgIpc) is 2.35. The largest absolute Gasteiger partial charge is 1.00 e. The van der Waals surface area contributed by atoms with Gasteiger partial charge in [-0.05, 0) is 0 Å². The maximum Gasteiger partial charge on any atom is -1.00 e. The van der Waals surface area contributed by atoms with Crippen LogP contribution in [0.5, 0.6) is 0 Å². The van der Waals surface area contributed by atoms with Crippen molar-refractivity contribution >= 4 is 0 Å². The van der Waals surface area contributed by atoms with Gasteiger partial charge in [0.1, 0.15) is 0 Å². The number of allylic oxidation sites excluding steroid dienone is 4. The fourth-order valence-corrected chi connectivity index (χ4v) is 5.95. The Morgan fingerprint density at radius 1 is 0.773 bits per heavy atom. The maximum atomic E-state index is 2.76. The molecule has 0 saturated carbocycles. The maximum absolute atomic E-state index is 2.76. The van der Waals surface area contributed by atoms with Crippen LogP contribution in [-0.2, 0) is 19.4 Å². The van der Waals surface area contributed by atoms with Gasteiger partial charge in [-0.25, -0.2) is 0 Å². The molecule has 0 aromatic heterocycles. The molecule has 0 atom stereocenters. The van der Waals surface area contributed by atoms with E-state index in [1.807, 2.05) is 0 Å². The van der Waals surface area contributed by atoms with Gasteiger partial charge in [-0.15, -0.1) is 0 Å². The van der Waals surface area contributed by atoms with E-state index in [1.165, 1.54) is 5.57 Å². The van der Waals surface area contributed by atoms with Gasteiger partial charge in [0.25, 0.3) is 0 Å². The molecule has 0 N–H and O–H groups in total. The van der Waals surface area contributed by atoms with Crippen molar-refractivity contribution < 1.29 is 44.2 Å². The zero-order valence-corrected chi connectivity index (χ0v) is 19.3. The molecule has 1 nitrogen and oxygen atoms in total. The minimum Gasteiger partial charge on any atom is -1.00 e. The van der Waals surface area contributed by atoms with Crippen LogP contribution in [0.3, 0.4) is 0 Å². The topological polar surface area (TPSA) is 3.24 Å². The molecule has 1 aliphatic carbocycles. The molecule has 0 bridgehead atoms. The molecule has 0 aromatic rings. The third kappa shape index (κ3) is 4.87. The first-order valence-electron chi connectivity index (χ1n) is 7.67. The van der Waals surface area contributed by atoms with Crippen molar-refractivity contribution in [3.8, 4) is 0 Å². The van der Waals surface area contributed by atoms with Gasteiger partial charge in [0.15, 0.2) is 0 Å². The summed E-state index contributed by atoms with van der Waals surface area (Å²) in [5.41, 5.74) is 5.36. The molecule has 0 amide bonds. The molecule has 22 heavy (non-hydrogen) atoms. The Hall–Kier alpha value is 0.734. The van der Waals surface area contributed by atoms with E-state index in [2.05, 4.69) is 79.5 Å². The fourth-order valence-electron chi connectivity index (χ4n) is 3.27. The molecule has 0 aromatic carbocycles. The van der Waals surface area contributed by atoms with Gasteiger partial charge < -0.3 is 24.8 Å². The zero-order valence-electron chi connectivity index (χ0n) is 16.2. The Morgan fingerprint density at radius 2 is 1.14 bits per heavy atom. The molecule has 4 heteroatoms. The quantitative estimate of drug-likeness (QED) is 0.585. The van der Waals surface area contributed by atoms with Crippen LogP contribution in [0.4, 0.5) is 0 Å². The third-order valence-corrected chi connectivity index (χ3v) is 8.98. The molecule has 0 heterocycles. The molecule has 0 aliphatic heterocycles. The van der Waals surface area contributed by atoms with Crippen LogP contribution in [0.25, 0.3) is 0 Å². The predicted octanol–water partition coefficient (Wildman–Crippen LogP) is -0.459. The van der Waals surface area contributed by atoms with Crippen molar-refractivity contribution in [1.82, 2.24) is 3.38 Å². The first kappa shape index (κ1) is 25.0. The van der Waals surface area contributed by atoms with E-state index in [0.29, 0.717) is 0 Å². The van der Waals surface area contributed by atoms with E-state index >= 15 is 0 Å². The standard InChI is InChI=1S/C10H15.C8H18N.2ClH.Ti/c1-7-6-10(4,5)9(3)8(7)2;1-7(2,3)9-8(4,5)6;;;/h1-5H3;1-6H3;2*1H;/q;-1;;;+3/p-2. The Balaban J connectivity index is 0. The van der Waals surface area contributed by atoms with Crippen LogP contribution >= 0.6 is 0 Å². The fraction of sp³-hybridized carbons (Fsp3) is 0.778. The molecule has 1 aliphatic rings. The summed E-state index contributed by atoms with van der Waals surface area (Å²) in [4.78, 5) is 0. The summed E-state index contributed by atoms with van der Waals surface area (Å²) >= 11 is -0.300. The molecule has 0 spiro atoms. The second-order valence-electron chi connectivity index (χ2n) is 8.66. The second-order valence-corrected chi connectivity index (χ2v) is 10.5. The van der Waals surface area contributed by atoms with Crippen molar-refractivity contribution in [1.29, 1.82) is 0 Å². The first-order chi connectivity index (χ1) is 8.70. The van der Waals surface area contributed by atoms with Crippen LogP contribution in [-0.4, -0.2) is 14.5 Å². The minimum absolute atomic E-state index is 0. The number of halogens is 2. The van der Waals surface area contributed by atoms with Crippen LogP contribution in [0.2, 0.25) is 0 Å². The summed E-state index contributed by atoms with van der Waals surface area (Å²) < 4.78 is 4.48. The summed E-state index contributed by atoms with van der Waals surface area (Å²) in [6.07, 6.45) is 0. The van der Waals surface area contributed by atoms with E-state index in [0.717, 1.165) is 0 Å². The summed E-state index contributed by atoms with van der Waals surface area (Å²) in [5, 5.41) is 0. The Kier molecular flexibility index (Phi) is 8.79. The van der Waals surface area contributed by atoms with E-state index in [4.69, 9.17) is 0 Å². The van der Waals surface area contributed by atoms with Gasteiger partial charge in [0.2, 0.25) is 0 Å². The molecule has 0 fully saturated rings. The van der Waals surface area contributed by atoms with Gasteiger partial charge in [-0.2, -0.15) is 0 Å². The molecule has 1 rings (SSSR count). The molecule has 0 saturated heterocycles. The van der Waals surface area contributed by atoms with E-state index in [9.17, 15) is 0 Å². The molecule has 0 unspecified atom stereocenters. The van der Waals surface area contributed by atoms with Gasteiger partial charge >= 0.3 is 136 Å². The predicted molar refractivity (Wildman–Crippen MR) is 86.2 cm³/mol. The van der Waals surface area contributed by atoms with Gasteiger partial charge in [-0.3, -0.25) is 0 Å². The molecule has 128 valence electrons. The summed E-state index contributed by atoms with van der Waals surface area (Å²) in [7, 11) is 0. The summed E-state index contributed by atoms with van der Waals surface area (Å²) in [6, 6.07) is 0. The number of rotatable bonds is 2. The van der Waals surface area contributed by atoms with Gasteiger partial charge in [-0.1, -0.05) is 0 Å². The Bertz CT molecular complexity index is 448. The molecular weight excluding hydrogens is 349 g/mol. The zero-order chi connectivity index (χ0) is 16.1. The van der Waals surface area contributed by atoms with E-state index in [1.54, 1.807) is 15.0 Å². The van der Waals surface area contributed by atoms with Gasteiger partial charge in [0, 0.05) is 0 Å². The average molecular weight is 382 g/mol. The van der Waals surface area contributed by atoms with Crippen LogP contribution in [0.1, 0.15) is 76.2 Å². The number of hydrogen-bond donors (Lipinski definition) is 0. The number of nitrogens with zero attached hydrogens (tertiary/aromatic N) is 1. The minimum atomic E-state index is -0.300. The van der Waals surface area contributed by atoms with Crippen molar-refractivity contribution in [3.05, 3.63) is 20.6 Å². The molecular formula is C18H33Cl2NTi. The smallest absolute Gasteiger partial charge is 1.00 e. The second kappa shape index (κ2) is 7.74. The first-order valence-corrected chi connectivity index (χ1v) is 9.15. The van der Waals surface area contributed by atoms with Crippen LogP contribution in [0, 0.1) is 5.41 Å². The van der Waals surface area contributed by atoms with E-state index in [-0.39, 0.29) is 60.7 Å². The third-order valence-electron chi connectivity index (χ3n) is 4.63. The Labute approximate surface area is 160 Å². The van der Waals surface area contributed by atoms with Crippen molar-refractivity contribution in [2.45, 2.75) is 87.2 Å². The van der Waals surface area contributed by atoms with E-state index < -0.39 is 0 Å². The summed E-state index contributed by atoms with van der Waals surface area (Å²) in [5.74, 6) is 0. The van der Waals surface area contributed by atoms with Crippen molar-refractivity contribution in [2.24, 2.45) is 5.41 Å². The monoisotopic (exact) mass is 381 g/mol. The van der Waals surface area contributed by atoms with Crippen LogP contribution < -0.4 is 24.8 Å². The van der Waals surface area contributed by atoms with Crippen LogP contribution in [0.15, 0.2) is 20.6 Å². The van der Waals surface area contributed by atoms with Gasteiger partial charge in [0.05, 0.1) is 0 Å². The normalized spacial score (nSPS) is 18.2.